The molecule has 5 nitrogen and oxygen atoms in total. The predicted molar refractivity (Wildman–Crippen MR) is 89.7 cm³/mol. The van der Waals surface area contributed by atoms with E-state index in [1.54, 1.807) is 19.4 Å². The molecule has 3 rings (SSSR count). The summed E-state index contributed by atoms with van der Waals surface area (Å²) in [5, 5.41) is 3.66. The van der Waals surface area contributed by atoms with Crippen molar-refractivity contribution in [3.63, 3.8) is 0 Å². The van der Waals surface area contributed by atoms with E-state index >= 15 is 0 Å². The van der Waals surface area contributed by atoms with E-state index < -0.39 is 0 Å². The molecule has 6 heteroatoms. The summed E-state index contributed by atoms with van der Waals surface area (Å²) in [7, 11) is 1.57. The number of carbonyl (C=O) groups excluding carboxylic acids is 1. The molecule has 112 valence electrons. The molecule has 22 heavy (non-hydrogen) atoms. The number of methoxy groups -OCH3 is 1. The van der Waals surface area contributed by atoms with Crippen LogP contribution in [0.15, 0.2) is 36.5 Å². The van der Waals surface area contributed by atoms with E-state index in [0.29, 0.717) is 22.0 Å². The van der Waals surface area contributed by atoms with Gasteiger partial charge in [-0.3, -0.25) is 4.79 Å². The van der Waals surface area contributed by atoms with Crippen molar-refractivity contribution >= 4 is 38.8 Å². The Labute approximate surface area is 131 Å². The number of aryl methyl sites for hydroxylation is 1. The van der Waals surface area contributed by atoms with Gasteiger partial charge >= 0.3 is 0 Å². The van der Waals surface area contributed by atoms with Crippen molar-refractivity contribution in [1.29, 1.82) is 0 Å². The fourth-order valence-corrected chi connectivity index (χ4v) is 3.18. The molecule has 0 spiro atoms. The van der Waals surface area contributed by atoms with Crippen molar-refractivity contribution < 1.29 is 9.53 Å². The van der Waals surface area contributed by atoms with Crippen molar-refractivity contribution in [2.75, 3.05) is 18.2 Å². The van der Waals surface area contributed by atoms with Crippen LogP contribution in [0, 0.1) is 6.92 Å². The maximum Gasteiger partial charge on any atom is 0.268 e. The van der Waals surface area contributed by atoms with Crippen molar-refractivity contribution in [1.82, 2.24) is 4.98 Å². The highest BCUT2D eigenvalue weighted by Crippen LogP contribution is 2.33. The molecule has 0 saturated carbocycles. The molecule has 0 fully saturated rings. The van der Waals surface area contributed by atoms with Crippen LogP contribution >= 0.6 is 11.3 Å². The average Bonchev–Trinajstić information content (AvgIpc) is 2.85. The number of nitrogens with zero attached hydrogens (tertiary/aromatic N) is 1. The third-order valence-electron chi connectivity index (χ3n) is 3.31. The Morgan fingerprint density at radius 3 is 2.91 bits per heavy atom. The maximum atomic E-state index is 12.5. The molecule has 0 bridgehead atoms. The lowest BCUT2D eigenvalue weighted by atomic mass is 10.2. The van der Waals surface area contributed by atoms with E-state index in [4.69, 9.17) is 10.5 Å². The third kappa shape index (κ3) is 2.48. The molecule has 0 atom stereocenters. The van der Waals surface area contributed by atoms with E-state index in [1.165, 1.54) is 11.3 Å². The molecule has 1 aromatic carbocycles. The van der Waals surface area contributed by atoms with Crippen molar-refractivity contribution in [3.8, 4) is 5.75 Å². The molecule has 3 N–H and O–H groups in total. The Balaban J connectivity index is 1.97. The topological polar surface area (TPSA) is 77.2 Å². The van der Waals surface area contributed by atoms with Crippen LogP contribution in [0.3, 0.4) is 0 Å². The van der Waals surface area contributed by atoms with Crippen LogP contribution < -0.4 is 15.8 Å². The minimum absolute atomic E-state index is 0.260. The van der Waals surface area contributed by atoms with Crippen LogP contribution in [0.2, 0.25) is 0 Å². The van der Waals surface area contributed by atoms with Crippen LogP contribution in [0.25, 0.3) is 10.2 Å². The van der Waals surface area contributed by atoms with Gasteiger partial charge in [-0.2, -0.15) is 0 Å². The fraction of sp³-hybridized carbons (Fsp3) is 0.125. The van der Waals surface area contributed by atoms with Gasteiger partial charge in [0.2, 0.25) is 0 Å². The highest BCUT2D eigenvalue weighted by Gasteiger charge is 2.18. The average molecular weight is 313 g/mol. The number of carbonyl (C=O) groups is 1. The van der Waals surface area contributed by atoms with Crippen LogP contribution in [0.4, 0.5) is 11.4 Å². The molecule has 2 aromatic heterocycles. The first kappa shape index (κ1) is 14.3. The first-order valence-corrected chi connectivity index (χ1v) is 7.51. The monoisotopic (exact) mass is 313 g/mol. The number of amides is 1. The molecule has 3 aromatic rings. The Hall–Kier alpha value is -2.60. The van der Waals surface area contributed by atoms with Gasteiger partial charge in [-0.05, 0) is 36.8 Å². The molecule has 0 radical (unpaired) electrons. The van der Waals surface area contributed by atoms with Gasteiger partial charge in [0.05, 0.1) is 18.5 Å². The first-order chi connectivity index (χ1) is 10.6. The summed E-state index contributed by atoms with van der Waals surface area (Å²) >= 11 is 1.28. The lowest BCUT2D eigenvalue weighted by molar-refractivity contribution is 0.103. The number of hydrogen-bond acceptors (Lipinski definition) is 5. The van der Waals surface area contributed by atoms with Crippen LogP contribution in [-0.4, -0.2) is 18.0 Å². The number of nitrogens with one attached hydrogen (secondary N) is 1. The first-order valence-electron chi connectivity index (χ1n) is 6.69. The normalized spacial score (nSPS) is 10.6. The number of pyridine rings is 1. The Bertz CT molecular complexity index is 858. The fourth-order valence-electron chi connectivity index (χ4n) is 2.22. The number of nitrogen functional groups attached to an aromatic ring is 1. The van der Waals surface area contributed by atoms with Gasteiger partial charge in [0.1, 0.15) is 15.5 Å². The number of rotatable bonds is 3. The molecular formula is C16H15N3O2S. The van der Waals surface area contributed by atoms with Gasteiger partial charge in [0.25, 0.3) is 5.91 Å². The van der Waals surface area contributed by atoms with Gasteiger partial charge < -0.3 is 15.8 Å². The van der Waals surface area contributed by atoms with Crippen molar-refractivity contribution in [3.05, 3.63) is 47.0 Å². The maximum absolute atomic E-state index is 12.5. The molecule has 2 heterocycles. The summed E-state index contributed by atoms with van der Waals surface area (Å²) in [6.45, 7) is 1.95. The van der Waals surface area contributed by atoms with E-state index in [0.717, 1.165) is 15.8 Å². The molecule has 0 saturated heterocycles. The minimum atomic E-state index is -0.260. The summed E-state index contributed by atoms with van der Waals surface area (Å²) in [5.41, 5.74) is 8.18. The SMILES string of the molecule is COc1ccc(C)cc1NC(=O)c1sc2ncccc2c1N. The smallest absolute Gasteiger partial charge is 0.268 e. The van der Waals surface area contributed by atoms with E-state index in [1.807, 2.05) is 31.2 Å². The summed E-state index contributed by atoms with van der Waals surface area (Å²) in [5.74, 6) is 0.348. The molecule has 0 unspecified atom stereocenters. The van der Waals surface area contributed by atoms with Crippen molar-refractivity contribution in [2.24, 2.45) is 0 Å². The number of anilines is 2. The number of hydrogen-bond donors (Lipinski definition) is 2. The van der Waals surface area contributed by atoms with Gasteiger partial charge in [-0.25, -0.2) is 4.98 Å². The van der Waals surface area contributed by atoms with Gasteiger partial charge in [0, 0.05) is 11.6 Å². The largest absolute Gasteiger partial charge is 0.495 e. The summed E-state index contributed by atoms with van der Waals surface area (Å²) < 4.78 is 5.27. The number of benzene rings is 1. The molecule has 1 amide bonds. The summed E-state index contributed by atoms with van der Waals surface area (Å²) in [4.78, 5) is 18.0. The molecule has 0 aliphatic carbocycles. The zero-order valence-electron chi connectivity index (χ0n) is 12.2. The highest BCUT2D eigenvalue weighted by atomic mass is 32.1. The zero-order valence-corrected chi connectivity index (χ0v) is 13.0. The Kier molecular flexibility index (Phi) is 3.68. The lowest BCUT2D eigenvalue weighted by Gasteiger charge is -2.10. The quantitative estimate of drug-likeness (QED) is 0.776. The molecule has 0 aliphatic rings. The van der Waals surface area contributed by atoms with Gasteiger partial charge in [-0.1, -0.05) is 6.07 Å². The van der Waals surface area contributed by atoms with E-state index in [2.05, 4.69) is 10.3 Å². The third-order valence-corrected chi connectivity index (χ3v) is 4.44. The number of ether oxygens (including phenoxy) is 1. The second kappa shape index (κ2) is 5.65. The molecule has 0 aliphatic heterocycles. The molecular weight excluding hydrogens is 298 g/mol. The second-order valence-corrected chi connectivity index (χ2v) is 5.86. The standard InChI is InChI=1S/C16H15N3O2S/c1-9-5-6-12(21-2)11(8-9)19-15(20)14-13(17)10-4-3-7-18-16(10)22-14/h3-8H,17H2,1-2H3,(H,19,20). The highest BCUT2D eigenvalue weighted by molar-refractivity contribution is 7.21. The Morgan fingerprint density at radius 1 is 1.36 bits per heavy atom. The Morgan fingerprint density at radius 2 is 2.18 bits per heavy atom. The van der Waals surface area contributed by atoms with Crippen LogP contribution in [-0.2, 0) is 0 Å². The second-order valence-electron chi connectivity index (χ2n) is 4.86. The van der Waals surface area contributed by atoms with Crippen LogP contribution in [0.5, 0.6) is 5.75 Å². The summed E-state index contributed by atoms with van der Waals surface area (Å²) in [6, 6.07) is 9.26. The van der Waals surface area contributed by atoms with Crippen LogP contribution in [0.1, 0.15) is 15.2 Å². The lowest BCUT2D eigenvalue weighted by Crippen LogP contribution is -2.12. The number of thiophene rings is 1. The van der Waals surface area contributed by atoms with Gasteiger partial charge in [-0.15, -0.1) is 11.3 Å². The number of fused-ring (bicyclic) bond motifs is 1. The van der Waals surface area contributed by atoms with Crippen molar-refractivity contribution in [2.45, 2.75) is 6.92 Å². The zero-order chi connectivity index (χ0) is 15.7. The van der Waals surface area contributed by atoms with Gasteiger partial charge in [0.15, 0.2) is 0 Å². The number of aromatic nitrogens is 1. The predicted octanol–water partition coefficient (Wildman–Crippen LogP) is 3.45. The van der Waals surface area contributed by atoms with E-state index in [9.17, 15) is 4.79 Å². The minimum Gasteiger partial charge on any atom is -0.495 e. The summed E-state index contributed by atoms with van der Waals surface area (Å²) in [6.07, 6.45) is 1.68. The van der Waals surface area contributed by atoms with E-state index in [-0.39, 0.29) is 5.91 Å². The number of nitrogens with two attached hydrogens (primary N) is 1.